The van der Waals surface area contributed by atoms with Crippen LogP contribution in [-0.2, 0) is 19.6 Å². The molecule has 0 aromatic carbocycles. The summed E-state index contributed by atoms with van der Waals surface area (Å²) >= 11 is 120. The van der Waals surface area contributed by atoms with Crippen LogP contribution in [0.4, 0.5) is 0 Å². The van der Waals surface area contributed by atoms with Crippen LogP contribution in [0.2, 0.25) is 0 Å². The average Bonchev–Trinajstić information content (AvgIpc) is 3.50. The highest BCUT2D eigenvalue weighted by Crippen LogP contribution is 2.77. The number of aromatic nitrogens is 3. The fraction of sp³-hybridized carbons (Fsp3) is 0.667. The molecule has 3 fully saturated rings. The van der Waals surface area contributed by atoms with Gasteiger partial charge in [-0.15, -0.1) is 69.6 Å². The molecule has 9 atom stereocenters. The highest BCUT2D eigenvalue weighted by molar-refractivity contribution is 6.67. The molecule has 0 aliphatic heterocycles. The Hall–Kier alpha value is 2.85. The minimum atomic E-state index is -1.98. The predicted octanol–water partition coefficient (Wildman–Crippen LogP) is 10.7. The van der Waals surface area contributed by atoms with Gasteiger partial charge in [-0.1, -0.05) is 139 Å². The van der Waals surface area contributed by atoms with Gasteiger partial charge in [-0.25, -0.2) is 28.1 Å². The van der Waals surface area contributed by atoms with Gasteiger partial charge in [0.2, 0.25) is 0 Å². The monoisotopic (exact) mass is 1060 g/mol. The van der Waals surface area contributed by atoms with Gasteiger partial charge in [0.15, 0.2) is 13.0 Å². The van der Waals surface area contributed by atoms with Crippen LogP contribution >= 0.6 is 209 Å². The summed E-state index contributed by atoms with van der Waals surface area (Å²) in [5, 5.41) is -0.761. The van der Waals surface area contributed by atoms with E-state index >= 15 is 0 Å². The molecule has 24 heteroatoms. The molecule has 6 nitrogen and oxygen atoms in total. The second-order valence-corrected chi connectivity index (χ2v) is 23.5. The second kappa shape index (κ2) is 12.2. The van der Waals surface area contributed by atoms with Crippen molar-refractivity contribution in [3.05, 3.63) is 61.6 Å². The number of allylic oxidation sites excluding steroid dienone is 6. The van der Waals surface area contributed by atoms with E-state index in [9.17, 15) is 14.4 Å². The van der Waals surface area contributed by atoms with Gasteiger partial charge in [0.1, 0.15) is 29.2 Å². The number of hydrogen-bond acceptors (Lipinski definition) is 3. The summed E-state index contributed by atoms with van der Waals surface area (Å²) in [6, 6.07) is 0. The van der Waals surface area contributed by atoms with Gasteiger partial charge in [0, 0.05) is 37.4 Å². The second-order valence-electron chi connectivity index (χ2n) is 13.5. The molecule has 51 heavy (non-hydrogen) atoms. The lowest BCUT2D eigenvalue weighted by Crippen LogP contribution is -2.58. The van der Waals surface area contributed by atoms with Crippen LogP contribution in [0.15, 0.2) is 44.6 Å². The van der Waals surface area contributed by atoms with E-state index in [0.29, 0.717) is 0 Å². The molecule has 282 valence electrons. The molecule has 0 radical (unpaired) electrons. The van der Waals surface area contributed by atoms with E-state index in [4.69, 9.17) is 209 Å². The highest BCUT2D eigenvalue weighted by atomic mass is 35.5. The Morgan fingerprint density at radius 3 is 0.745 bits per heavy atom. The first-order chi connectivity index (χ1) is 23.0. The number of fused-ring (bicyclic) bond motifs is 6. The van der Waals surface area contributed by atoms with Gasteiger partial charge < -0.3 is 0 Å². The maximum absolute atomic E-state index is 14.4. The van der Waals surface area contributed by atoms with E-state index in [2.05, 4.69) is 0 Å². The lowest BCUT2D eigenvalue weighted by atomic mass is 9.91. The Morgan fingerprint density at radius 1 is 0.392 bits per heavy atom. The van der Waals surface area contributed by atoms with Crippen LogP contribution in [0.25, 0.3) is 0 Å². The molecule has 1 heterocycles. The third-order valence-electron chi connectivity index (χ3n) is 11.3. The fourth-order valence-corrected chi connectivity index (χ4v) is 17.0. The molecule has 0 N–H and O–H groups in total. The van der Waals surface area contributed by atoms with Crippen LogP contribution in [0.5, 0.6) is 0 Å². The third-order valence-corrected chi connectivity index (χ3v) is 24.3. The lowest BCUT2D eigenvalue weighted by molar-refractivity contribution is 0.304. The number of alkyl halides is 12. The van der Waals surface area contributed by atoms with Gasteiger partial charge in [-0.2, -0.15) is 0 Å². The molecular weight excluding hydrogens is 1050 g/mol. The summed E-state index contributed by atoms with van der Waals surface area (Å²) in [6.45, 7) is -1.52. The van der Waals surface area contributed by atoms with Crippen molar-refractivity contribution in [1.82, 2.24) is 13.7 Å². The zero-order valence-electron chi connectivity index (χ0n) is 24.3. The van der Waals surface area contributed by atoms with Crippen molar-refractivity contribution in [1.29, 1.82) is 0 Å². The molecule has 1 aromatic heterocycles. The van der Waals surface area contributed by atoms with Crippen LogP contribution < -0.4 is 17.1 Å². The summed E-state index contributed by atoms with van der Waals surface area (Å²) in [6.07, 6.45) is -0.389. The molecule has 0 spiro atoms. The Labute approximate surface area is 378 Å². The lowest BCUT2D eigenvalue weighted by Gasteiger charge is -2.35. The molecule has 0 amide bonds. The molecule has 9 unspecified atom stereocenters. The Morgan fingerprint density at radius 2 is 0.588 bits per heavy atom. The standard InChI is InChI=1S/C27H15Cl18N3O3/c28-10-13(31)22(37)7(1-19(10,34)25(22,40)41)4-46-16(49)47(5-8-2-20(35)11(29)14(32)23(8,38)26(20,42)43)18(51)48(17(46)50)6-9-3-21(36)12(30)15(33)24(9,39)27(21,44)45/h7-9H,1-6H2. The van der Waals surface area contributed by atoms with Crippen LogP contribution in [0.3, 0.4) is 0 Å². The van der Waals surface area contributed by atoms with Crippen molar-refractivity contribution < 1.29 is 0 Å². The first-order valence-corrected chi connectivity index (χ1v) is 21.2. The van der Waals surface area contributed by atoms with Crippen LogP contribution in [0.1, 0.15) is 19.3 Å². The zero-order chi connectivity index (χ0) is 38.4. The van der Waals surface area contributed by atoms with Crippen molar-refractivity contribution in [2.45, 2.75) is 81.1 Å². The van der Waals surface area contributed by atoms with E-state index in [1.165, 1.54) is 0 Å². The summed E-state index contributed by atoms with van der Waals surface area (Å²) in [7, 11) is 0. The van der Waals surface area contributed by atoms with Crippen molar-refractivity contribution >= 4 is 209 Å². The van der Waals surface area contributed by atoms with E-state index in [0.717, 1.165) is 13.7 Å². The molecule has 1 aromatic rings. The molecule has 6 aliphatic rings. The molecule has 6 aliphatic carbocycles. The van der Waals surface area contributed by atoms with Gasteiger partial charge in [-0.3, -0.25) is 0 Å². The van der Waals surface area contributed by atoms with Crippen molar-refractivity contribution in [2.24, 2.45) is 17.8 Å². The maximum atomic E-state index is 14.4. The first-order valence-electron chi connectivity index (χ1n) is 14.4. The van der Waals surface area contributed by atoms with E-state index in [1.54, 1.807) is 0 Å². The number of halogens is 18. The normalized spacial score (nSPS) is 44.2. The van der Waals surface area contributed by atoms with E-state index in [-0.39, 0.29) is 49.5 Å². The summed E-state index contributed by atoms with van der Waals surface area (Å²) in [4.78, 5) is 32.5. The van der Waals surface area contributed by atoms with Gasteiger partial charge in [0.05, 0.1) is 30.2 Å². The van der Waals surface area contributed by atoms with Gasteiger partial charge >= 0.3 is 17.1 Å². The van der Waals surface area contributed by atoms with Crippen molar-refractivity contribution in [3.8, 4) is 0 Å². The third kappa shape index (κ3) is 4.52. The quantitative estimate of drug-likeness (QED) is 0.267. The number of rotatable bonds is 6. The van der Waals surface area contributed by atoms with Gasteiger partial charge in [0.25, 0.3) is 0 Å². The number of hydrogen-bond donors (Lipinski definition) is 0. The predicted molar refractivity (Wildman–Crippen MR) is 215 cm³/mol. The fourth-order valence-electron chi connectivity index (χ4n) is 8.48. The Bertz CT molecular complexity index is 1860. The Balaban J connectivity index is 1.38. The first kappa shape index (κ1) is 42.0. The van der Waals surface area contributed by atoms with Crippen molar-refractivity contribution in [2.75, 3.05) is 0 Å². The van der Waals surface area contributed by atoms with Gasteiger partial charge in [-0.05, 0) is 19.3 Å². The van der Waals surface area contributed by atoms with E-state index < -0.39 is 96.7 Å². The number of nitrogens with zero attached hydrogens (tertiary/aromatic N) is 3. The topological polar surface area (TPSA) is 66.0 Å². The highest BCUT2D eigenvalue weighted by Gasteiger charge is 2.80. The smallest absolute Gasteiger partial charge is 0.247 e. The van der Waals surface area contributed by atoms with Crippen molar-refractivity contribution in [3.63, 3.8) is 0 Å². The minimum Gasteiger partial charge on any atom is -0.247 e. The van der Waals surface area contributed by atoms with Crippen LogP contribution in [-0.4, -0.2) is 55.9 Å². The van der Waals surface area contributed by atoms with Crippen LogP contribution in [0, 0.1) is 17.8 Å². The zero-order valence-corrected chi connectivity index (χ0v) is 38.0. The molecule has 6 bridgehead atoms. The summed E-state index contributed by atoms with van der Waals surface area (Å²) in [5.74, 6) is -2.97. The molecular formula is C27H15Cl18N3O3. The average molecular weight is 1070 g/mol. The van der Waals surface area contributed by atoms with E-state index in [1.807, 2.05) is 0 Å². The molecule has 3 saturated carbocycles. The largest absolute Gasteiger partial charge is 0.336 e. The molecule has 7 rings (SSSR count). The molecule has 0 saturated heterocycles. The SMILES string of the molecule is O=c1n(CC2CC3(Cl)C(Cl)=C(Cl)C2(Cl)C3(Cl)Cl)c(=O)n(CC2CC3(Cl)C(Cl)=C(Cl)C2(Cl)C3(Cl)Cl)c(=O)n1CC1CC2(Cl)C(Cl)=C(Cl)C1(Cl)C2(Cl)Cl. The summed E-state index contributed by atoms with van der Waals surface area (Å²) in [5.41, 5.74) is -3.31. The minimum absolute atomic E-state index is 0.0855. The maximum Gasteiger partial charge on any atom is 0.336 e. The summed E-state index contributed by atoms with van der Waals surface area (Å²) < 4.78 is -3.72. The Kier molecular flexibility index (Phi) is 10.1.